The summed E-state index contributed by atoms with van der Waals surface area (Å²) in [5, 5.41) is 3.36. The quantitative estimate of drug-likeness (QED) is 0.864. The molecule has 0 unspecified atom stereocenters. The number of nitrogens with one attached hydrogen (secondary N) is 1. The highest BCUT2D eigenvalue weighted by atomic mass is 35.5. The van der Waals surface area contributed by atoms with Crippen LogP contribution in [0.25, 0.3) is 0 Å². The van der Waals surface area contributed by atoms with E-state index in [1.165, 1.54) is 12.1 Å². The molecule has 6 heteroatoms. The summed E-state index contributed by atoms with van der Waals surface area (Å²) >= 11 is 6.14. The van der Waals surface area contributed by atoms with Crippen LogP contribution in [0.4, 0.5) is 4.39 Å². The molecule has 0 bridgehead atoms. The normalized spacial score (nSPS) is 17.8. The van der Waals surface area contributed by atoms with E-state index in [2.05, 4.69) is 5.32 Å². The number of ether oxygens (including phenoxy) is 1. The number of hydrogen-bond donors (Lipinski definition) is 2. The SMILES string of the molecule is CC(C)(CNC(=O)C1(CN)CCOCC1)c1ccc(F)cc1Cl. The van der Waals surface area contributed by atoms with Crippen molar-refractivity contribution < 1.29 is 13.9 Å². The van der Waals surface area contributed by atoms with E-state index in [-0.39, 0.29) is 11.7 Å². The van der Waals surface area contributed by atoms with E-state index in [0.29, 0.717) is 44.2 Å². The van der Waals surface area contributed by atoms with Gasteiger partial charge in [0, 0.05) is 36.7 Å². The fraction of sp³-hybridized carbons (Fsp3) is 0.588. The average molecular weight is 343 g/mol. The Hall–Kier alpha value is -1.17. The molecule has 1 aromatic carbocycles. The van der Waals surface area contributed by atoms with Crippen LogP contribution >= 0.6 is 11.6 Å². The maximum Gasteiger partial charge on any atom is 0.227 e. The van der Waals surface area contributed by atoms with Gasteiger partial charge in [-0.3, -0.25) is 4.79 Å². The molecule has 1 heterocycles. The molecule has 4 nitrogen and oxygen atoms in total. The van der Waals surface area contributed by atoms with E-state index >= 15 is 0 Å². The van der Waals surface area contributed by atoms with Crippen LogP contribution < -0.4 is 11.1 Å². The topological polar surface area (TPSA) is 64.4 Å². The van der Waals surface area contributed by atoms with Crippen molar-refractivity contribution in [1.82, 2.24) is 5.32 Å². The van der Waals surface area contributed by atoms with Gasteiger partial charge in [0.15, 0.2) is 0 Å². The zero-order valence-electron chi connectivity index (χ0n) is 13.6. The van der Waals surface area contributed by atoms with Crippen molar-refractivity contribution in [2.24, 2.45) is 11.1 Å². The van der Waals surface area contributed by atoms with Crippen LogP contribution in [0.15, 0.2) is 18.2 Å². The molecule has 1 aliphatic heterocycles. The monoisotopic (exact) mass is 342 g/mol. The first-order valence-electron chi connectivity index (χ1n) is 7.82. The van der Waals surface area contributed by atoms with Gasteiger partial charge in [0.05, 0.1) is 5.41 Å². The number of benzene rings is 1. The second kappa shape index (κ2) is 7.16. The fourth-order valence-corrected chi connectivity index (χ4v) is 3.33. The lowest BCUT2D eigenvalue weighted by molar-refractivity contribution is -0.136. The van der Waals surface area contributed by atoms with Gasteiger partial charge >= 0.3 is 0 Å². The summed E-state index contributed by atoms with van der Waals surface area (Å²) in [5.74, 6) is -0.419. The third-order valence-electron chi connectivity index (χ3n) is 4.67. The number of rotatable bonds is 5. The Morgan fingerprint density at radius 3 is 2.65 bits per heavy atom. The summed E-state index contributed by atoms with van der Waals surface area (Å²) < 4.78 is 18.5. The Labute approximate surface area is 141 Å². The number of hydrogen-bond acceptors (Lipinski definition) is 3. The number of amides is 1. The lowest BCUT2D eigenvalue weighted by Gasteiger charge is -2.36. The molecule has 0 radical (unpaired) electrons. The lowest BCUT2D eigenvalue weighted by atomic mass is 9.78. The van der Waals surface area contributed by atoms with Crippen molar-refractivity contribution >= 4 is 17.5 Å². The van der Waals surface area contributed by atoms with Gasteiger partial charge in [-0.2, -0.15) is 0 Å². The number of carbonyl (C=O) groups is 1. The summed E-state index contributed by atoms with van der Waals surface area (Å²) in [6.07, 6.45) is 1.26. The predicted octanol–water partition coefficient (Wildman–Crippen LogP) is 2.63. The highest BCUT2D eigenvalue weighted by molar-refractivity contribution is 6.31. The first-order valence-corrected chi connectivity index (χ1v) is 8.20. The van der Waals surface area contributed by atoms with Crippen LogP contribution in [-0.4, -0.2) is 32.2 Å². The molecular weight excluding hydrogens is 319 g/mol. The largest absolute Gasteiger partial charge is 0.381 e. The Balaban J connectivity index is 2.07. The highest BCUT2D eigenvalue weighted by Gasteiger charge is 2.39. The maximum atomic E-state index is 13.2. The van der Waals surface area contributed by atoms with Gasteiger partial charge in [0.2, 0.25) is 5.91 Å². The van der Waals surface area contributed by atoms with Gasteiger partial charge < -0.3 is 15.8 Å². The standard InChI is InChI=1S/C17H24ClFN2O2/c1-16(2,13-4-3-12(19)9-14(13)18)11-21-15(22)17(10-20)5-7-23-8-6-17/h3-4,9H,5-8,10-11,20H2,1-2H3,(H,21,22). The third kappa shape index (κ3) is 4.03. The number of carbonyl (C=O) groups excluding carboxylic acids is 1. The molecule has 23 heavy (non-hydrogen) atoms. The maximum absolute atomic E-state index is 13.2. The minimum absolute atomic E-state index is 0.0467. The molecule has 1 aliphatic rings. The van der Waals surface area contributed by atoms with Gasteiger partial charge in [-0.05, 0) is 30.5 Å². The van der Waals surface area contributed by atoms with E-state index in [1.54, 1.807) is 6.07 Å². The van der Waals surface area contributed by atoms with E-state index in [4.69, 9.17) is 22.1 Å². The van der Waals surface area contributed by atoms with Crippen LogP contribution in [0, 0.1) is 11.2 Å². The summed E-state index contributed by atoms with van der Waals surface area (Å²) in [5.41, 5.74) is 5.68. The van der Waals surface area contributed by atoms with E-state index in [9.17, 15) is 9.18 Å². The van der Waals surface area contributed by atoms with Gasteiger partial charge in [0.1, 0.15) is 5.82 Å². The first-order chi connectivity index (χ1) is 10.8. The number of halogens is 2. The summed E-state index contributed by atoms with van der Waals surface area (Å²) in [6.45, 7) is 5.74. The average Bonchev–Trinajstić information content (AvgIpc) is 2.53. The second-order valence-electron chi connectivity index (χ2n) is 6.79. The van der Waals surface area contributed by atoms with Crippen LogP contribution in [-0.2, 0) is 14.9 Å². The Morgan fingerprint density at radius 2 is 2.09 bits per heavy atom. The zero-order chi connectivity index (χ0) is 17.1. The molecule has 0 aliphatic carbocycles. The van der Waals surface area contributed by atoms with Crippen molar-refractivity contribution in [2.75, 3.05) is 26.3 Å². The smallest absolute Gasteiger partial charge is 0.227 e. The first kappa shape index (κ1) is 18.2. The molecule has 2 rings (SSSR count). The minimum Gasteiger partial charge on any atom is -0.381 e. The van der Waals surface area contributed by atoms with Gasteiger partial charge in [-0.25, -0.2) is 4.39 Å². The third-order valence-corrected chi connectivity index (χ3v) is 4.99. The highest BCUT2D eigenvalue weighted by Crippen LogP contribution is 2.32. The molecule has 3 N–H and O–H groups in total. The lowest BCUT2D eigenvalue weighted by Crippen LogP contribution is -2.51. The van der Waals surface area contributed by atoms with Gasteiger partial charge in [0.25, 0.3) is 0 Å². The molecule has 0 saturated carbocycles. The molecule has 0 atom stereocenters. The molecular formula is C17H24ClFN2O2. The summed E-state index contributed by atoms with van der Waals surface area (Å²) in [6, 6.07) is 4.34. The fourth-order valence-electron chi connectivity index (χ4n) is 2.91. The van der Waals surface area contributed by atoms with Crippen LogP contribution in [0.3, 0.4) is 0 Å². The van der Waals surface area contributed by atoms with Crippen molar-refractivity contribution in [3.8, 4) is 0 Å². The molecule has 1 amide bonds. The molecule has 128 valence electrons. The molecule has 1 fully saturated rings. The molecule has 0 aromatic heterocycles. The molecule has 0 spiro atoms. The Morgan fingerprint density at radius 1 is 1.43 bits per heavy atom. The van der Waals surface area contributed by atoms with Gasteiger partial charge in [-0.15, -0.1) is 0 Å². The Kier molecular flexibility index (Phi) is 5.65. The second-order valence-corrected chi connectivity index (χ2v) is 7.19. The van der Waals surface area contributed by atoms with Crippen molar-refractivity contribution in [3.63, 3.8) is 0 Å². The summed E-state index contributed by atoms with van der Waals surface area (Å²) in [7, 11) is 0. The van der Waals surface area contributed by atoms with Crippen molar-refractivity contribution in [3.05, 3.63) is 34.6 Å². The minimum atomic E-state index is -0.555. The van der Waals surface area contributed by atoms with Crippen LogP contribution in [0.2, 0.25) is 5.02 Å². The zero-order valence-corrected chi connectivity index (χ0v) is 14.4. The molecule has 1 aromatic rings. The van der Waals surface area contributed by atoms with Crippen molar-refractivity contribution in [2.45, 2.75) is 32.1 Å². The van der Waals surface area contributed by atoms with Crippen molar-refractivity contribution in [1.29, 1.82) is 0 Å². The number of nitrogens with two attached hydrogens (primary N) is 1. The van der Waals surface area contributed by atoms with E-state index in [1.807, 2.05) is 13.8 Å². The van der Waals surface area contributed by atoms with Crippen LogP contribution in [0.1, 0.15) is 32.3 Å². The predicted molar refractivity (Wildman–Crippen MR) is 89.0 cm³/mol. The van der Waals surface area contributed by atoms with E-state index in [0.717, 1.165) is 5.56 Å². The Bertz CT molecular complexity index is 572. The molecule has 1 saturated heterocycles. The van der Waals surface area contributed by atoms with Gasteiger partial charge in [-0.1, -0.05) is 31.5 Å². The van der Waals surface area contributed by atoms with Crippen LogP contribution in [0.5, 0.6) is 0 Å². The summed E-state index contributed by atoms with van der Waals surface area (Å²) in [4.78, 5) is 12.6. The van der Waals surface area contributed by atoms with E-state index < -0.39 is 10.8 Å².